The van der Waals surface area contributed by atoms with E-state index >= 15 is 13.2 Å². The van der Waals surface area contributed by atoms with Crippen LogP contribution in [0.4, 0.5) is 13.2 Å². The second-order valence-corrected chi connectivity index (χ2v) is 10.7. The number of ether oxygens (including phenoxy) is 4. The topological polar surface area (TPSA) is 105 Å². The molecule has 0 saturated carbocycles. The Bertz CT molecular complexity index is 1660. The average molecular weight is 647 g/mol. The van der Waals surface area contributed by atoms with Crippen molar-refractivity contribution in [1.29, 1.82) is 0 Å². The zero-order valence-electron chi connectivity index (χ0n) is 24.7. The van der Waals surface area contributed by atoms with Crippen LogP contribution in [0.1, 0.15) is 47.9 Å². The van der Waals surface area contributed by atoms with Crippen LogP contribution in [-0.4, -0.2) is 60.9 Å². The summed E-state index contributed by atoms with van der Waals surface area (Å²) in [6, 6.07) is 30.3. The summed E-state index contributed by atoms with van der Waals surface area (Å²) in [7, 11) is 0. The Labute approximate surface area is 268 Å². The van der Waals surface area contributed by atoms with Gasteiger partial charge in [0.25, 0.3) is 0 Å². The van der Waals surface area contributed by atoms with Crippen molar-refractivity contribution in [2.24, 2.45) is 5.92 Å². The maximum absolute atomic E-state index is 15.0. The van der Waals surface area contributed by atoms with Crippen LogP contribution < -0.4 is 0 Å². The first-order chi connectivity index (χ1) is 22.6. The third kappa shape index (κ3) is 8.30. The maximum atomic E-state index is 15.0. The SMILES string of the molecule is O=C(CC1OC(COC(=O)c2ccccc2)C(OC(=O)c2ccccc2)C(OC(=O)c2ccccc2)C1C(F)(F)F)c1ccccc1. The van der Waals surface area contributed by atoms with E-state index in [4.69, 9.17) is 18.9 Å². The highest BCUT2D eigenvalue weighted by molar-refractivity contribution is 5.96. The fourth-order valence-corrected chi connectivity index (χ4v) is 5.28. The third-order valence-corrected chi connectivity index (χ3v) is 7.55. The first kappa shape index (κ1) is 33.1. The van der Waals surface area contributed by atoms with Gasteiger partial charge in [-0.25, -0.2) is 14.4 Å². The molecule has 0 aromatic heterocycles. The van der Waals surface area contributed by atoms with E-state index in [2.05, 4.69) is 0 Å². The number of ketones is 1. The molecule has 4 aromatic carbocycles. The molecule has 0 radical (unpaired) electrons. The summed E-state index contributed by atoms with van der Waals surface area (Å²) in [4.78, 5) is 52.6. The van der Waals surface area contributed by atoms with Crippen molar-refractivity contribution in [3.8, 4) is 0 Å². The molecule has 5 rings (SSSR count). The molecule has 242 valence electrons. The summed E-state index contributed by atoms with van der Waals surface area (Å²) in [6.07, 6.45) is -13.5. The van der Waals surface area contributed by atoms with Crippen molar-refractivity contribution in [3.63, 3.8) is 0 Å². The molecule has 8 nitrogen and oxygen atoms in total. The van der Waals surface area contributed by atoms with Crippen molar-refractivity contribution >= 4 is 23.7 Å². The molecule has 0 bridgehead atoms. The molecule has 5 atom stereocenters. The van der Waals surface area contributed by atoms with Crippen LogP contribution in [-0.2, 0) is 18.9 Å². The van der Waals surface area contributed by atoms with Crippen LogP contribution in [0.5, 0.6) is 0 Å². The minimum atomic E-state index is -5.10. The highest BCUT2D eigenvalue weighted by Crippen LogP contribution is 2.43. The molecular formula is C36H29F3O8. The fourth-order valence-electron chi connectivity index (χ4n) is 5.28. The summed E-state index contributed by atoms with van der Waals surface area (Å²) >= 11 is 0. The van der Waals surface area contributed by atoms with Gasteiger partial charge in [0.15, 0.2) is 18.0 Å². The predicted octanol–water partition coefficient (Wildman–Crippen LogP) is 6.51. The number of benzene rings is 4. The Morgan fingerprint density at radius 2 is 0.957 bits per heavy atom. The van der Waals surface area contributed by atoms with Gasteiger partial charge in [0.1, 0.15) is 18.6 Å². The van der Waals surface area contributed by atoms with Crippen LogP contribution in [0.3, 0.4) is 0 Å². The summed E-state index contributed by atoms with van der Waals surface area (Å²) in [5.74, 6) is -6.26. The quantitative estimate of drug-likeness (QED) is 0.109. The first-order valence-corrected chi connectivity index (χ1v) is 14.7. The normalized spacial score (nSPS) is 20.9. The molecular weight excluding hydrogens is 617 g/mol. The Balaban J connectivity index is 1.55. The van der Waals surface area contributed by atoms with Crippen molar-refractivity contribution < 1.29 is 51.3 Å². The second-order valence-electron chi connectivity index (χ2n) is 10.7. The lowest BCUT2D eigenvalue weighted by molar-refractivity contribution is -0.289. The molecule has 0 N–H and O–H groups in total. The number of rotatable bonds is 10. The minimum Gasteiger partial charge on any atom is -0.459 e. The van der Waals surface area contributed by atoms with E-state index in [-0.39, 0.29) is 22.3 Å². The molecule has 11 heteroatoms. The largest absolute Gasteiger partial charge is 0.459 e. The lowest BCUT2D eigenvalue weighted by atomic mass is 9.83. The maximum Gasteiger partial charge on any atom is 0.398 e. The number of alkyl halides is 3. The molecule has 47 heavy (non-hydrogen) atoms. The van der Waals surface area contributed by atoms with Gasteiger partial charge in [-0.15, -0.1) is 0 Å². The molecule has 1 aliphatic rings. The van der Waals surface area contributed by atoms with E-state index in [9.17, 15) is 19.2 Å². The number of esters is 3. The zero-order valence-corrected chi connectivity index (χ0v) is 24.7. The van der Waals surface area contributed by atoms with Gasteiger partial charge < -0.3 is 18.9 Å². The second kappa shape index (κ2) is 14.9. The molecule has 1 fully saturated rings. The van der Waals surface area contributed by atoms with Gasteiger partial charge in [0.2, 0.25) is 0 Å². The van der Waals surface area contributed by atoms with Crippen LogP contribution in [0.25, 0.3) is 0 Å². The van der Waals surface area contributed by atoms with Crippen LogP contribution in [0, 0.1) is 5.92 Å². The van der Waals surface area contributed by atoms with Crippen molar-refractivity contribution in [3.05, 3.63) is 144 Å². The Morgan fingerprint density at radius 1 is 0.553 bits per heavy atom. The highest BCUT2D eigenvalue weighted by atomic mass is 19.4. The highest BCUT2D eigenvalue weighted by Gasteiger charge is 2.61. The number of Topliss-reactive ketones (excluding diaryl/α,β-unsaturated/α-hetero) is 1. The lowest BCUT2D eigenvalue weighted by Crippen LogP contribution is -2.62. The van der Waals surface area contributed by atoms with Gasteiger partial charge in [0.05, 0.1) is 22.8 Å². The van der Waals surface area contributed by atoms with Gasteiger partial charge in [-0.2, -0.15) is 13.2 Å². The Hall–Kier alpha value is -5.29. The Morgan fingerprint density at radius 3 is 1.40 bits per heavy atom. The van der Waals surface area contributed by atoms with Crippen LogP contribution >= 0.6 is 0 Å². The van der Waals surface area contributed by atoms with Gasteiger partial charge in [-0.1, -0.05) is 84.9 Å². The summed E-state index contributed by atoms with van der Waals surface area (Å²) in [6.45, 7) is -0.694. The summed E-state index contributed by atoms with van der Waals surface area (Å²) in [5, 5.41) is 0. The average Bonchev–Trinajstić information content (AvgIpc) is 3.09. The van der Waals surface area contributed by atoms with Crippen molar-refractivity contribution in [1.82, 2.24) is 0 Å². The molecule has 0 aliphatic carbocycles. The number of halogens is 3. The van der Waals surface area contributed by atoms with E-state index in [0.717, 1.165) is 0 Å². The zero-order chi connectivity index (χ0) is 33.4. The molecule has 0 amide bonds. The molecule has 0 spiro atoms. The van der Waals surface area contributed by atoms with E-state index in [1.165, 1.54) is 72.8 Å². The smallest absolute Gasteiger partial charge is 0.398 e. The number of carbonyl (C=O) groups is 4. The van der Waals surface area contributed by atoms with E-state index in [0.29, 0.717) is 0 Å². The molecule has 1 saturated heterocycles. The Kier molecular flexibility index (Phi) is 10.5. The molecule has 1 heterocycles. The summed E-state index contributed by atoms with van der Waals surface area (Å²) < 4.78 is 67.6. The predicted molar refractivity (Wildman–Crippen MR) is 162 cm³/mol. The number of carbonyl (C=O) groups excluding carboxylic acids is 4. The monoisotopic (exact) mass is 646 g/mol. The fraction of sp³-hybridized carbons (Fsp3) is 0.222. The molecule has 4 aromatic rings. The van der Waals surface area contributed by atoms with Gasteiger partial charge in [-0.05, 0) is 36.4 Å². The van der Waals surface area contributed by atoms with Crippen molar-refractivity contribution in [2.75, 3.05) is 6.61 Å². The lowest BCUT2D eigenvalue weighted by Gasteiger charge is -2.45. The first-order valence-electron chi connectivity index (χ1n) is 14.7. The number of hydrogen-bond donors (Lipinski definition) is 0. The molecule has 5 unspecified atom stereocenters. The van der Waals surface area contributed by atoms with E-state index in [1.807, 2.05) is 0 Å². The van der Waals surface area contributed by atoms with Crippen LogP contribution in [0.2, 0.25) is 0 Å². The van der Waals surface area contributed by atoms with Gasteiger partial charge in [-0.3, -0.25) is 4.79 Å². The standard InChI is InChI=1S/C36H29F3O8/c37-36(38,39)30-28(21-27(40)23-13-5-1-6-14-23)45-29(22-44-33(41)24-15-7-2-8-16-24)31(46-34(42)25-17-9-3-10-18-25)32(30)47-35(43)26-19-11-4-12-20-26/h1-20,28-32H,21-22H2. The van der Waals surface area contributed by atoms with Crippen molar-refractivity contribution in [2.45, 2.75) is 37.0 Å². The third-order valence-electron chi connectivity index (χ3n) is 7.55. The van der Waals surface area contributed by atoms with Gasteiger partial charge >= 0.3 is 24.1 Å². The molecule has 1 aliphatic heterocycles. The van der Waals surface area contributed by atoms with E-state index in [1.54, 1.807) is 48.5 Å². The van der Waals surface area contributed by atoms with Crippen LogP contribution in [0.15, 0.2) is 121 Å². The summed E-state index contributed by atoms with van der Waals surface area (Å²) in [5.41, 5.74) is 0.235. The van der Waals surface area contributed by atoms with E-state index < -0.39 is 73.2 Å². The number of hydrogen-bond acceptors (Lipinski definition) is 8. The van der Waals surface area contributed by atoms with Gasteiger partial charge in [0, 0.05) is 12.0 Å². The minimum absolute atomic E-state index is 0.00519.